The Labute approximate surface area is 108 Å². The van der Waals surface area contributed by atoms with Crippen molar-refractivity contribution in [3.05, 3.63) is 23.4 Å². The monoisotopic (exact) mass is 248 g/mol. The molecular formula is C14H20N2O2. The lowest BCUT2D eigenvalue weighted by Gasteiger charge is -2.36. The van der Waals surface area contributed by atoms with E-state index in [1.807, 2.05) is 6.07 Å². The number of piperidine rings is 1. The number of aromatic nitrogens is 1. The molecule has 0 aliphatic carbocycles. The third-order valence-electron chi connectivity index (χ3n) is 3.69. The first-order valence-electron chi connectivity index (χ1n) is 6.61. The second kappa shape index (κ2) is 5.38. The Balaban J connectivity index is 2.27. The van der Waals surface area contributed by atoms with Crippen molar-refractivity contribution in [3.63, 3.8) is 0 Å². The molecule has 1 aromatic rings. The number of aryl methyl sites for hydroxylation is 1. The van der Waals surface area contributed by atoms with Crippen LogP contribution < -0.4 is 4.90 Å². The van der Waals surface area contributed by atoms with Crippen LogP contribution in [0.4, 0.5) is 5.82 Å². The summed E-state index contributed by atoms with van der Waals surface area (Å²) in [6.45, 7) is 4.98. The molecule has 1 aliphatic heterocycles. The van der Waals surface area contributed by atoms with E-state index in [0.717, 1.165) is 18.8 Å². The highest BCUT2D eigenvalue weighted by Crippen LogP contribution is 2.25. The van der Waals surface area contributed by atoms with Gasteiger partial charge in [-0.05, 0) is 44.7 Å². The molecule has 0 amide bonds. The molecule has 1 fully saturated rings. The summed E-state index contributed by atoms with van der Waals surface area (Å²) in [5, 5.41) is 9.01. The number of rotatable bonds is 3. The number of carboxylic acid groups (broad SMARTS) is 1. The van der Waals surface area contributed by atoms with Gasteiger partial charge >= 0.3 is 5.97 Å². The average molecular weight is 248 g/mol. The number of pyridine rings is 1. The Bertz CT molecular complexity index is 445. The van der Waals surface area contributed by atoms with Crippen LogP contribution in [0.5, 0.6) is 0 Å². The second-order valence-corrected chi connectivity index (χ2v) is 4.86. The zero-order valence-electron chi connectivity index (χ0n) is 11.0. The molecule has 98 valence electrons. The van der Waals surface area contributed by atoms with Gasteiger partial charge in [0.05, 0.1) is 11.3 Å². The van der Waals surface area contributed by atoms with Crippen LogP contribution in [0, 0.1) is 6.92 Å². The number of hydrogen-bond acceptors (Lipinski definition) is 3. The van der Waals surface area contributed by atoms with Gasteiger partial charge in [-0.3, -0.25) is 0 Å². The van der Waals surface area contributed by atoms with Gasteiger partial charge in [0.25, 0.3) is 0 Å². The fraction of sp³-hybridized carbons (Fsp3) is 0.571. The van der Waals surface area contributed by atoms with E-state index in [4.69, 9.17) is 5.11 Å². The molecule has 1 saturated heterocycles. The number of nitrogens with zero attached hydrogens (tertiary/aromatic N) is 2. The molecule has 0 spiro atoms. The molecule has 0 bridgehead atoms. The van der Waals surface area contributed by atoms with Crippen molar-refractivity contribution in [3.8, 4) is 0 Å². The van der Waals surface area contributed by atoms with Crippen LogP contribution in [0.15, 0.2) is 12.1 Å². The quantitative estimate of drug-likeness (QED) is 0.893. The fourth-order valence-corrected chi connectivity index (χ4v) is 2.66. The number of aromatic carboxylic acids is 1. The van der Waals surface area contributed by atoms with Gasteiger partial charge in [0.2, 0.25) is 0 Å². The van der Waals surface area contributed by atoms with E-state index in [-0.39, 0.29) is 0 Å². The summed E-state index contributed by atoms with van der Waals surface area (Å²) in [6.07, 6.45) is 4.79. The predicted molar refractivity (Wildman–Crippen MR) is 71.2 cm³/mol. The third kappa shape index (κ3) is 2.47. The van der Waals surface area contributed by atoms with Crippen molar-refractivity contribution >= 4 is 11.8 Å². The van der Waals surface area contributed by atoms with Gasteiger partial charge in [0.1, 0.15) is 5.82 Å². The maximum atomic E-state index is 11.0. The molecule has 18 heavy (non-hydrogen) atoms. The van der Waals surface area contributed by atoms with Gasteiger partial charge < -0.3 is 10.0 Å². The van der Waals surface area contributed by atoms with Crippen molar-refractivity contribution in [2.75, 3.05) is 11.4 Å². The summed E-state index contributed by atoms with van der Waals surface area (Å²) < 4.78 is 0. The van der Waals surface area contributed by atoms with Crippen molar-refractivity contribution < 1.29 is 9.90 Å². The highest BCUT2D eigenvalue weighted by atomic mass is 16.4. The van der Waals surface area contributed by atoms with E-state index < -0.39 is 5.97 Å². The molecule has 1 N–H and O–H groups in total. The van der Waals surface area contributed by atoms with Crippen LogP contribution in [0.1, 0.15) is 48.7 Å². The lowest BCUT2D eigenvalue weighted by molar-refractivity contribution is 0.0695. The first-order valence-corrected chi connectivity index (χ1v) is 6.61. The first-order chi connectivity index (χ1) is 8.63. The minimum absolute atomic E-state index is 0.295. The van der Waals surface area contributed by atoms with Crippen LogP contribution in [0.25, 0.3) is 0 Å². The van der Waals surface area contributed by atoms with Crippen LogP contribution in [0.2, 0.25) is 0 Å². The molecule has 0 aromatic carbocycles. The van der Waals surface area contributed by atoms with E-state index in [1.165, 1.54) is 19.3 Å². The molecule has 4 nitrogen and oxygen atoms in total. The normalized spacial score (nSPS) is 19.9. The molecule has 1 atom stereocenters. The molecule has 1 aromatic heterocycles. The first kappa shape index (κ1) is 12.9. The largest absolute Gasteiger partial charge is 0.478 e. The number of carbonyl (C=O) groups is 1. The Morgan fingerprint density at radius 1 is 1.50 bits per heavy atom. The van der Waals surface area contributed by atoms with Gasteiger partial charge in [-0.25, -0.2) is 9.78 Å². The number of hydrogen-bond donors (Lipinski definition) is 1. The Morgan fingerprint density at radius 3 is 2.89 bits per heavy atom. The molecule has 1 aliphatic rings. The summed E-state index contributed by atoms with van der Waals surface area (Å²) in [4.78, 5) is 17.8. The summed E-state index contributed by atoms with van der Waals surface area (Å²) >= 11 is 0. The number of anilines is 1. The Kier molecular flexibility index (Phi) is 3.84. The van der Waals surface area contributed by atoms with E-state index in [1.54, 1.807) is 13.0 Å². The molecule has 2 rings (SSSR count). The van der Waals surface area contributed by atoms with Crippen molar-refractivity contribution in [2.24, 2.45) is 0 Å². The van der Waals surface area contributed by atoms with Gasteiger partial charge in [-0.15, -0.1) is 0 Å². The molecular weight excluding hydrogens is 228 g/mol. The fourth-order valence-electron chi connectivity index (χ4n) is 2.66. The Morgan fingerprint density at radius 2 is 2.28 bits per heavy atom. The highest BCUT2D eigenvalue weighted by molar-refractivity contribution is 5.89. The zero-order valence-corrected chi connectivity index (χ0v) is 11.0. The minimum Gasteiger partial charge on any atom is -0.478 e. The maximum absolute atomic E-state index is 11.0. The summed E-state index contributed by atoms with van der Waals surface area (Å²) in [5.74, 6) is 0.0151. The van der Waals surface area contributed by atoms with Gasteiger partial charge in [-0.1, -0.05) is 6.92 Å². The van der Waals surface area contributed by atoms with E-state index in [9.17, 15) is 4.79 Å². The SMILES string of the molecule is CCC1CCCCN1c1ccc(C(=O)O)c(C)n1. The summed E-state index contributed by atoms with van der Waals surface area (Å²) in [7, 11) is 0. The van der Waals surface area contributed by atoms with E-state index >= 15 is 0 Å². The molecule has 4 heteroatoms. The third-order valence-corrected chi connectivity index (χ3v) is 3.69. The minimum atomic E-state index is -0.905. The number of carboxylic acids is 1. The van der Waals surface area contributed by atoms with Crippen molar-refractivity contribution in [2.45, 2.75) is 45.6 Å². The summed E-state index contributed by atoms with van der Waals surface area (Å²) in [6, 6.07) is 4.05. The average Bonchev–Trinajstić information content (AvgIpc) is 2.38. The summed E-state index contributed by atoms with van der Waals surface area (Å²) in [5.41, 5.74) is 0.893. The van der Waals surface area contributed by atoms with Gasteiger partial charge in [-0.2, -0.15) is 0 Å². The van der Waals surface area contributed by atoms with Crippen molar-refractivity contribution in [1.82, 2.24) is 4.98 Å². The van der Waals surface area contributed by atoms with Gasteiger partial charge in [0.15, 0.2) is 0 Å². The lowest BCUT2D eigenvalue weighted by Crippen LogP contribution is -2.39. The molecule has 1 unspecified atom stereocenters. The van der Waals surface area contributed by atoms with E-state index in [0.29, 0.717) is 17.3 Å². The van der Waals surface area contributed by atoms with Gasteiger partial charge in [0, 0.05) is 12.6 Å². The van der Waals surface area contributed by atoms with Crippen LogP contribution in [-0.4, -0.2) is 28.6 Å². The predicted octanol–water partition coefficient (Wildman–Crippen LogP) is 2.86. The van der Waals surface area contributed by atoms with E-state index in [2.05, 4.69) is 16.8 Å². The van der Waals surface area contributed by atoms with Crippen LogP contribution >= 0.6 is 0 Å². The maximum Gasteiger partial charge on any atom is 0.337 e. The van der Waals surface area contributed by atoms with Crippen molar-refractivity contribution in [1.29, 1.82) is 0 Å². The molecule has 0 radical (unpaired) electrons. The Hall–Kier alpha value is -1.58. The smallest absolute Gasteiger partial charge is 0.337 e. The standard InChI is InChI=1S/C14H20N2O2/c1-3-11-6-4-5-9-16(11)13-8-7-12(14(17)18)10(2)15-13/h7-8,11H,3-6,9H2,1-2H3,(H,17,18). The topological polar surface area (TPSA) is 53.4 Å². The highest BCUT2D eigenvalue weighted by Gasteiger charge is 2.22. The lowest BCUT2D eigenvalue weighted by atomic mass is 10.00. The van der Waals surface area contributed by atoms with Crippen LogP contribution in [-0.2, 0) is 0 Å². The second-order valence-electron chi connectivity index (χ2n) is 4.86. The molecule has 2 heterocycles. The van der Waals surface area contributed by atoms with Crippen LogP contribution in [0.3, 0.4) is 0 Å². The zero-order chi connectivity index (χ0) is 13.1. The molecule has 0 saturated carbocycles.